The highest BCUT2D eigenvalue weighted by Crippen LogP contribution is 2.45. The summed E-state index contributed by atoms with van der Waals surface area (Å²) >= 11 is 0. The van der Waals surface area contributed by atoms with Gasteiger partial charge in [-0.1, -0.05) is 6.92 Å². The number of methoxy groups -OCH3 is 1. The summed E-state index contributed by atoms with van der Waals surface area (Å²) < 4.78 is 41.2. The first-order chi connectivity index (χ1) is 17.3. The summed E-state index contributed by atoms with van der Waals surface area (Å²) in [5.74, 6) is 0.196. The number of nitrogens with zero attached hydrogens (tertiary/aromatic N) is 2. The Morgan fingerprint density at radius 3 is 2.47 bits per heavy atom. The van der Waals surface area contributed by atoms with Gasteiger partial charge in [0.25, 0.3) is 0 Å². The number of nitrogens with one attached hydrogen (secondary N) is 1. The topological polar surface area (TPSA) is 65.4 Å². The molecule has 0 saturated heterocycles. The van der Waals surface area contributed by atoms with E-state index in [1.807, 2.05) is 26.0 Å². The predicted molar refractivity (Wildman–Crippen MR) is 132 cm³/mol. The lowest BCUT2D eigenvalue weighted by Crippen LogP contribution is -2.42. The van der Waals surface area contributed by atoms with Gasteiger partial charge in [0, 0.05) is 16.4 Å². The molecule has 5 rings (SSSR count). The molecule has 6 nitrogen and oxygen atoms in total. The van der Waals surface area contributed by atoms with Crippen molar-refractivity contribution in [3.05, 3.63) is 84.1 Å². The van der Waals surface area contributed by atoms with Gasteiger partial charge in [0.15, 0.2) is 0 Å². The van der Waals surface area contributed by atoms with Crippen LogP contribution in [0.15, 0.2) is 66.9 Å². The summed E-state index contributed by atoms with van der Waals surface area (Å²) in [4.78, 5) is 12.8. The molecule has 0 spiro atoms. The number of benzene rings is 3. The number of rotatable bonds is 8. The van der Waals surface area contributed by atoms with Gasteiger partial charge in [-0.2, -0.15) is 5.10 Å². The summed E-state index contributed by atoms with van der Waals surface area (Å²) in [6, 6.07) is 15.3. The fraction of sp³-hybridized carbons (Fsp3) is 0.286. The zero-order valence-electron chi connectivity index (χ0n) is 20.3. The van der Waals surface area contributed by atoms with E-state index in [4.69, 9.17) is 9.47 Å². The van der Waals surface area contributed by atoms with Crippen molar-refractivity contribution in [3.8, 4) is 17.2 Å². The number of carbonyl (C=O) groups is 1. The Morgan fingerprint density at radius 2 is 1.78 bits per heavy atom. The molecule has 186 valence electrons. The molecule has 2 atom stereocenters. The Kier molecular flexibility index (Phi) is 6.12. The molecule has 8 heteroatoms. The zero-order chi connectivity index (χ0) is 25.4. The van der Waals surface area contributed by atoms with Gasteiger partial charge in [-0.15, -0.1) is 0 Å². The van der Waals surface area contributed by atoms with Crippen molar-refractivity contribution >= 4 is 16.8 Å². The first-order valence-corrected chi connectivity index (χ1v) is 11.8. The van der Waals surface area contributed by atoms with Crippen LogP contribution in [-0.2, 0) is 4.79 Å². The molecular formula is C28H27F2N3O3. The van der Waals surface area contributed by atoms with E-state index in [-0.39, 0.29) is 17.1 Å². The van der Waals surface area contributed by atoms with Crippen molar-refractivity contribution in [2.45, 2.75) is 38.8 Å². The monoisotopic (exact) mass is 491 g/mol. The quantitative estimate of drug-likeness (QED) is 0.342. The smallest absolute Gasteiger partial charge is 0.226 e. The molecule has 36 heavy (non-hydrogen) atoms. The van der Waals surface area contributed by atoms with Crippen molar-refractivity contribution in [1.82, 2.24) is 15.1 Å². The van der Waals surface area contributed by atoms with Crippen molar-refractivity contribution in [2.75, 3.05) is 7.11 Å². The fourth-order valence-electron chi connectivity index (χ4n) is 4.25. The highest BCUT2D eigenvalue weighted by Gasteiger charge is 2.45. The van der Waals surface area contributed by atoms with E-state index in [1.165, 1.54) is 31.4 Å². The summed E-state index contributed by atoms with van der Waals surface area (Å²) in [5.41, 5.74) is 1.68. The molecule has 1 heterocycles. The van der Waals surface area contributed by atoms with Gasteiger partial charge >= 0.3 is 0 Å². The third kappa shape index (κ3) is 4.63. The zero-order valence-corrected chi connectivity index (χ0v) is 20.3. The van der Waals surface area contributed by atoms with Crippen molar-refractivity contribution in [1.29, 1.82) is 0 Å². The van der Waals surface area contributed by atoms with Gasteiger partial charge < -0.3 is 14.8 Å². The lowest BCUT2D eigenvalue weighted by molar-refractivity contribution is -0.127. The van der Waals surface area contributed by atoms with Gasteiger partial charge in [-0.25, -0.2) is 13.5 Å². The molecule has 1 aliphatic carbocycles. The van der Waals surface area contributed by atoms with Crippen LogP contribution in [0.4, 0.5) is 8.78 Å². The second-order valence-electron chi connectivity index (χ2n) is 9.50. The Balaban J connectivity index is 1.47. The summed E-state index contributed by atoms with van der Waals surface area (Å²) in [6.07, 6.45) is 2.67. The van der Waals surface area contributed by atoms with Crippen LogP contribution in [0.3, 0.4) is 0 Å². The Hall–Kier alpha value is -3.94. The van der Waals surface area contributed by atoms with Crippen LogP contribution in [-0.4, -0.2) is 28.8 Å². The number of carbonyl (C=O) groups excluding carboxylic acids is 1. The molecule has 1 fully saturated rings. The molecule has 1 unspecified atom stereocenters. The van der Waals surface area contributed by atoms with E-state index in [1.54, 1.807) is 35.1 Å². The Labute approximate surface area is 207 Å². The van der Waals surface area contributed by atoms with Crippen LogP contribution >= 0.6 is 0 Å². The molecule has 0 bridgehead atoms. The Bertz CT molecular complexity index is 1410. The lowest BCUT2D eigenvalue weighted by atomic mass is 10.00. The highest BCUT2D eigenvalue weighted by molar-refractivity contribution is 5.85. The van der Waals surface area contributed by atoms with Crippen molar-refractivity contribution in [3.63, 3.8) is 0 Å². The average molecular weight is 492 g/mol. The molecule has 1 saturated carbocycles. The number of halogens is 2. The van der Waals surface area contributed by atoms with Gasteiger partial charge in [-0.05, 0) is 80.4 Å². The third-order valence-electron chi connectivity index (χ3n) is 6.73. The Morgan fingerprint density at radius 1 is 1.06 bits per heavy atom. The first-order valence-electron chi connectivity index (χ1n) is 11.8. The van der Waals surface area contributed by atoms with Gasteiger partial charge in [-0.3, -0.25) is 4.79 Å². The second-order valence-corrected chi connectivity index (χ2v) is 9.50. The van der Waals surface area contributed by atoms with Gasteiger partial charge in [0.1, 0.15) is 29.2 Å². The lowest BCUT2D eigenvalue weighted by Gasteiger charge is -2.28. The van der Waals surface area contributed by atoms with E-state index in [2.05, 4.69) is 10.4 Å². The third-order valence-corrected chi connectivity index (χ3v) is 6.73. The second kappa shape index (κ2) is 9.26. The molecule has 0 radical (unpaired) electrons. The predicted octanol–water partition coefficient (Wildman–Crippen LogP) is 5.74. The van der Waals surface area contributed by atoms with E-state index >= 15 is 0 Å². The van der Waals surface area contributed by atoms with E-state index < -0.39 is 18.0 Å². The van der Waals surface area contributed by atoms with E-state index in [9.17, 15) is 13.6 Å². The SMILES string of the molecule is COc1ccc(F)cc1C(Oc1ccc2c(cnn2-c2ccc(F)cc2)c1)[C@@H](C)NC(=O)C1(C)CC1. The van der Waals surface area contributed by atoms with Gasteiger partial charge in [0.2, 0.25) is 5.91 Å². The molecular weight excluding hydrogens is 464 g/mol. The van der Waals surface area contributed by atoms with Crippen LogP contribution in [0.25, 0.3) is 16.6 Å². The summed E-state index contributed by atoms with van der Waals surface area (Å²) in [6.45, 7) is 3.77. The number of hydrogen-bond acceptors (Lipinski definition) is 4. The first kappa shape index (κ1) is 23.8. The molecule has 0 aliphatic heterocycles. The van der Waals surface area contributed by atoms with E-state index in [0.717, 1.165) is 29.4 Å². The molecule has 1 aromatic heterocycles. The number of amides is 1. The standard InChI is InChI=1S/C28H27F2N3O3/c1-17(32-27(34)28(2)12-13-28)26(23-15-20(30)6-11-25(23)35-3)36-22-9-10-24-18(14-22)16-31-33(24)21-7-4-19(29)5-8-21/h4-11,14-17,26H,12-13H2,1-3H3,(H,32,34)/t17-,26?/m1/s1. The van der Waals surface area contributed by atoms with Crippen LogP contribution in [0.1, 0.15) is 38.4 Å². The maximum absolute atomic E-state index is 14.3. The minimum Gasteiger partial charge on any atom is -0.496 e. The van der Waals surface area contributed by atoms with Crippen LogP contribution in [0.5, 0.6) is 11.5 Å². The van der Waals surface area contributed by atoms with Crippen LogP contribution < -0.4 is 14.8 Å². The minimum atomic E-state index is -0.716. The fourth-order valence-corrected chi connectivity index (χ4v) is 4.25. The van der Waals surface area contributed by atoms with E-state index in [0.29, 0.717) is 17.1 Å². The summed E-state index contributed by atoms with van der Waals surface area (Å²) in [7, 11) is 1.51. The molecule has 1 aliphatic rings. The maximum Gasteiger partial charge on any atom is 0.226 e. The normalized spacial score (nSPS) is 15.8. The van der Waals surface area contributed by atoms with Crippen molar-refractivity contribution in [2.24, 2.45) is 5.41 Å². The molecule has 1 amide bonds. The number of hydrogen-bond donors (Lipinski definition) is 1. The number of aromatic nitrogens is 2. The molecule has 3 aromatic carbocycles. The van der Waals surface area contributed by atoms with Crippen LogP contribution in [0.2, 0.25) is 0 Å². The number of fused-ring (bicyclic) bond motifs is 1. The molecule has 4 aromatic rings. The maximum atomic E-state index is 14.3. The minimum absolute atomic E-state index is 0.0463. The average Bonchev–Trinajstić information content (AvgIpc) is 3.49. The summed E-state index contributed by atoms with van der Waals surface area (Å²) in [5, 5.41) is 8.29. The number of ether oxygens (including phenoxy) is 2. The van der Waals surface area contributed by atoms with Crippen LogP contribution in [0, 0.1) is 17.0 Å². The van der Waals surface area contributed by atoms with Crippen molar-refractivity contribution < 1.29 is 23.0 Å². The highest BCUT2D eigenvalue weighted by atomic mass is 19.1. The largest absolute Gasteiger partial charge is 0.496 e. The van der Waals surface area contributed by atoms with Gasteiger partial charge in [0.05, 0.1) is 30.6 Å². The molecule has 1 N–H and O–H groups in total.